The Hall–Kier alpha value is -1.51. The summed E-state index contributed by atoms with van der Waals surface area (Å²) in [6.45, 7) is 3.10. The zero-order valence-electron chi connectivity index (χ0n) is 10.7. The van der Waals surface area contributed by atoms with Crippen LogP contribution in [0.25, 0.3) is 0 Å². The Labute approximate surface area is 107 Å². The molecule has 3 heteroatoms. The van der Waals surface area contributed by atoms with Gasteiger partial charge in [0, 0.05) is 12.0 Å². The molecule has 1 unspecified atom stereocenters. The van der Waals surface area contributed by atoms with Gasteiger partial charge in [-0.15, -0.1) is 0 Å². The number of fused-ring (bicyclic) bond motifs is 3. The van der Waals surface area contributed by atoms with Gasteiger partial charge in [0.1, 0.15) is 5.75 Å². The fourth-order valence-electron chi connectivity index (χ4n) is 3.18. The fraction of sp³-hybridized carbons (Fsp3) is 0.533. The predicted octanol–water partition coefficient (Wildman–Crippen LogP) is 2.60. The summed E-state index contributed by atoms with van der Waals surface area (Å²) in [7, 11) is 0. The van der Waals surface area contributed by atoms with E-state index in [2.05, 4.69) is 12.1 Å². The van der Waals surface area contributed by atoms with Crippen LogP contribution in [-0.2, 0) is 22.4 Å². The first-order valence-corrected chi connectivity index (χ1v) is 6.72. The number of aryl methyl sites for hydroxylation is 1. The highest BCUT2D eigenvalue weighted by molar-refractivity contribution is 5.71. The molecule has 0 bridgehead atoms. The summed E-state index contributed by atoms with van der Waals surface area (Å²) in [6, 6.07) is 4.23. The lowest BCUT2D eigenvalue weighted by molar-refractivity contribution is -0.143. The molecule has 0 aromatic heterocycles. The Balaban J connectivity index is 1.87. The maximum Gasteiger partial charge on any atom is 0.306 e. The quantitative estimate of drug-likeness (QED) is 0.769. The third-order valence-electron chi connectivity index (χ3n) is 3.90. The highest BCUT2D eigenvalue weighted by Gasteiger charge is 2.30. The lowest BCUT2D eigenvalue weighted by atomic mass is 9.92. The van der Waals surface area contributed by atoms with Crippen molar-refractivity contribution in [3.63, 3.8) is 0 Å². The van der Waals surface area contributed by atoms with Gasteiger partial charge in [0.2, 0.25) is 0 Å². The van der Waals surface area contributed by atoms with Crippen LogP contribution in [0, 0.1) is 0 Å². The van der Waals surface area contributed by atoms with Crippen molar-refractivity contribution in [1.82, 2.24) is 0 Å². The zero-order valence-corrected chi connectivity index (χ0v) is 10.7. The molecule has 0 saturated carbocycles. The summed E-state index contributed by atoms with van der Waals surface area (Å²) < 4.78 is 10.7. The molecule has 3 rings (SSSR count). The largest absolute Gasteiger partial charge is 0.493 e. The summed E-state index contributed by atoms with van der Waals surface area (Å²) in [6.07, 6.45) is 3.63. The maximum atomic E-state index is 11.7. The van der Waals surface area contributed by atoms with E-state index in [0.29, 0.717) is 18.9 Å². The van der Waals surface area contributed by atoms with E-state index < -0.39 is 0 Å². The Kier molecular flexibility index (Phi) is 2.98. The first-order valence-electron chi connectivity index (χ1n) is 6.72. The Morgan fingerprint density at radius 1 is 1.44 bits per heavy atom. The minimum absolute atomic E-state index is 0.0770. The second kappa shape index (κ2) is 4.63. The molecule has 0 fully saturated rings. The number of carbonyl (C=O) groups is 1. The van der Waals surface area contributed by atoms with Crippen LogP contribution in [0.4, 0.5) is 0 Å². The van der Waals surface area contributed by atoms with Gasteiger partial charge in [0.15, 0.2) is 0 Å². The van der Waals surface area contributed by atoms with E-state index in [1.165, 1.54) is 16.7 Å². The predicted molar refractivity (Wildman–Crippen MR) is 68.0 cm³/mol. The normalized spacial score (nSPS) is 20.2. The standard InChI is InChI=1S/C15H18O3/c1-2-17-14(16)9-11-4-3-10-5-6-13-12(15(10)11)7-8-18-13/h5-6,11H,2-4,7-9H2,1H3. The molecule has 0 saturated heterocycles. The van der Waals surface area contributed by atoms with Crippen LogP contribution in [0.1, 0.15) is 42.4 Å². The average Bonchev–Trinajstić information content (AvgIpc) is 2.94. The molecule has 1 heterocycles. The minimum atomic E-state index is -0.0770. The van der Waals surface area contributed by atoms with Gasteiger partial charge in [-0.3, -0.25) is 4.79 Å². The van der Waals surface area contributed by atoms with Crippen LogP contribution < -0.4 is 4.74 Å². The van der Waals surface area contributed by atoms with Gasteiger partial charge in [0.25, 0.3) is 0 Å². The molecule has 18 heavy (non-hydrogen) atoms. The highest BCUT2D eigenvalue weighted by Crippen LogP contribution is 2.43. The van der Waals surface area contributed by atoms with Gasteiger partial charge in [0.05, 0.1) is 19.6 Å². The van der Waals surface area contributed by atoms with E-state index in [-0.39, 0.29) is 5.97 Å². The number of hydrogen-bond donors (Lipinski definition) is 0. The number of esters is 1. The van der Waals surface area contributed by atoms with Gasteiger partial charge in [-0.2, -0.15) is 0 Å². The molecule has 0 spiro atoms. The number of rotatable bonds is 3. The molecule has 1 aliphatic carbocycles. The summed E-state index contributed by atoms with van der Waals surface area (Å²) in [5.41, 5.74) is 4.10. The second-order valence-corrected chi connectivity index (χ2v) is 4.96. The van der Waals surface area contributed by atoms with Crippen molar-refractivity contribution in [3.8, 4) is 5.75 Å². The first kappa shape index (κ1) is 11.6. The fourth-order valence-corrected chi connectivity index (χ4v) is 3.18. The van der Waals surface area contributed by atoms with Crippen LogP contribution >= 0.6 is 0 Å². The van der Waals surface area contributed by atoms with Crippen molar-refractivity contribution in [3.05, 3.63) is 28.8 Å². The van der Waals surface area contributed by atoms with Gasteiger partial charge >= 0.3 is 5.97 Å². The van der Waals surface area contributed by atoms with E-state index in [4.69, 9.17) is 9.47 Å². The SMILES string of the molecule is CCOC(=O)CC1CCc2ccc3c(c21)CCO3. The molecule has 1 atom stereocenters. The monoisotopic (exact) mass is 246 g/mol. The lowest BCUT2D eigenvalue weighted by Crippen LogP contribution is -2.09. The summed E-state index contributed by atoms with van der Waals surface area (Å²) in [4.78, 5) is 11.7. The topological polar surface area (TPSA) is 35.5 Å². The van der Waals surface area contributed by atoms with Crippen LogP contribution in [0.3, 0.4) is 0 Å². The van der Waals surface area contributed by atoms with E-state index >= 15 is 0 Å². The molecule has 0 N–H and O–H groups in total. The molecule has 2 aliphatic rings. The van der Waals surface area contributed by atoms with Gasteiger partial charge in [-0.25, -0.2) is 0 Å². The van der Waals surface area contributed by atoms with Crippen molar-refractivity contribution in [2.75, 3.05) is 13.2 Å². The Bertz CT molecular complexity index is 479. The number of hydrogen-bond acceptors (Lipinski definition) is 3. The van der Waals surface area contributed by atoms with E-state index in [0.717, 1.165) is 31.6 Å². The van der Waals surface area contributed by atoms with Crippen LogP contribution in [-0.4, -0.2) is 19.2 Å². The molecule has 1 aliphatic heterocycles. The van der Waals surface area contributed by atoms with Crippen molar-refractivity contribution < 1.29 is 14.3 Å². The third kappa shape index (κ3) is 1.88. The van der Waals surface area contributed by atoms with Crippen LogP contribution in [0.2, 0.25) is 0 Å². The summed E-state index contributed by atoms with van der Waals surface area (Å²) in [5, 5.41) is 0. The smallest absolute Gasteiger partial charge is 0.306 e. The van der Waals surface area contributed by atoms with Crippen LogP contribution in [0.5, 0.6) is 5.75 Å². The summed E-state index contributed by atoms with van der Waals surface area (Å²) in [5.74, 6) is 1.27. The van der Waals surface area contributed by atoms with Crippen molar-refractivity contribution in [2.24, 2.45) is 0 Å². The highest BCUT2D eigenvalue weighted by atomic mass is 16.5. The Morgan fingerprint density at radius 2 is 2.33 bits per heavy atom. The minimum Gasteiger partial charge on any atom is -0.493 e. The number of benzene rings is 1. The third-order valence-corrected chi connectivity index (χ3v) is 3.90. The first-order chi connectivity index (χ1) is 8.79. The van der Waals surface area contributed by atoms with Crippen molar-refractivity contribution in [1.29, 1.82) is 0 Å². The molecule has 0 amide bonds. The number of carbonyl (C=O) groups excluding carboxylic acids is 1. The maximum absolute atomic E-state index is 11.7. The molecular formula is C15H18O3. The van der Waals surface area contributed by atoms with Gasteiger partial charge < -0.3 is 9.47 Å². The van der Waals surface area contributed by atoms with Gasteiger partial charge in [-0.05, 0) is 42.9 Å². The summed E-state index contributed by atoms with van der Waals surface area (Å²) >= 11 is 0. The lowest BCUT2D eigenvalue weighted by Gasteiger charge is -2.14. The molecule has 96 valence electrons. The molecule has 0 radical (unpaired) electrons. The average molecular weight is 246 g/mol. The Morgan fingerprint density at radius 3 is 3.17 bits per heavy atom. The second-order valence-electron chi connectivity index (χ2n) is 4.96. The molecular weight excluding hydrogens is 228 g/mol. The van der Waals surface area contributed by atoms with Crippen molar-refractivity contribution in [2.45, 2.75) is 38.5 Å². The zero-order chi connectivity index (χ0) is 12.5. The number of ether oxygens (including phenoxy) is 2. The van der Waals surface area contributed by atoms with Crippen molar-refractivity contribution >= 4 is 5.97 Å². The molecule has 1 aromatic rings. The van der Waals surface area contributed by atoms with Crippen LogP contribution in [0.15, 0.2) is 12.1 Å². The molecule has 1 aromatic carbocycles. The van der Waals surface area contributed by atoms with E-state index in [1.54, 1.807) is 0 Å². The van der Waals surface area contributed by atoms with E-state index in [9.17, 15) is 4.79 Å². The van der Waals surface area contributed by atoms with E-state index in [1.807, 2.05) is 6.92 Å². The van der Waals surface area contributed by atoms with Gasteiger partial charge in [-0.1, -0.05) is 6.07 Å². The molecule has 3 nitrogen and oxygen atoms in total.